The third-order valence-corrected chi connectivity index (χ3v) is 3.11. The zero-order valence-corrected chi connectivity index (χ0v) is 10.8. The molecule has 1 aliphatic carbocycles. The molecule has 0 aromatic carbocycles. The van der Waals surface area contributed by atoms with Crippen LogP contribution in [0.1, 0.15) is 33.1 Å². The van der Waals surface area contributed by atoms with Crippen molar-refractivity contribution in [2.24, 2.45) is 5.73 Å². The molecule has 0 aliphatic heterocycles. The zero-order chi connectivity index (χ0) is 12.1. The van der Waals surface area contributed by atoms with E-state index < -0.39 is 0 Å². The molecule has 0 saturated heterocycles. The summed E-state index contributed by atoms with van der Waals surface area (Å²) in [5.74, 6) is 0.118. The second kappa shape index (κ2) is 6.15. The van der Waals surface area contributed by atoms with E-state index >= 15 is 0 Å². The van der Waals surface area contributed by atoms with Crippen molar-refractivity contribution >= 4 is 23.1 Å². The molecule has 5 heteroatoms. The van der Waals surface area contributed by atoms with Crippen LogP contribution in [0.4, 0.5) is 0 Å². The number of thiocarbonyl (C=S) groups is 1. The van der Waals surface area contributed by atoms with E-state index in [1.54, 1.807) is 0 Å². The molecule has 4 nitrogen and oxygen atoms in total. The Morgan fingerprint density at radius 1 is 1.62 bits per heavy atom. The molecule has 0 bridgehead atoms. The normalized spacial score (nSPS) is 17.2. The number of rotatable bonds is 7. The molecule has 0 aromatic heterocycles. The highest BCUT2D eigenvalue weighted by atomic mass is 32.1. The lowest BCUT2D eigenvalue weighted by Crippen LogP contribution is -2.46. The Kier molecular flexibility index (Phi) is 5.15. The first-order valence-electron chi connectivity index (χ1n) is 5.87. The van der Waals surface area contributed by atoms with E-state index in [1.807, 2.05) is 13.8 Å². The predicted octanol–water partition coefficient (Wildman–Crippen LogP) is 0.652. The molecule has 1 rings (SSSR count). The fourth-order valence-electron chi connectivity index (χ4n) is 1.59. The van der Waals surface area contributed by atoms with Gasteiger partial charge in [-0.3, -0.25) is 9.69 Å². The van der Waals surface area contributed by atoms with Crippen LogP contribution in [-0.4, -0.2) is 41.0 Å². The number of hydrogen-bond acceptors (Lipinski definition) is 3. The highest BCUT2D eigenvalue weighted by Gasteiger charge is 2.27. The number of hydrogen-bond donors (Lipinski definition) is 2. The van der Waals surface area contributed by atoms with Gasteiger partial charge in [0.1, 0.15) is 0 Å². The first-order valence-corrected chi connectivity index (χ1v) is 6.28. The van der Waals surface area contributed by atoms with Crippen molar-refractivity contribution in [1.82, 2.24) is 10.2 Å². The summed E-state index contributed by atoms with van der Waals surface area (Å²) in [5.41, 5.74) is 5.47. The van der Waals surface area contributed by atoms with Crippen molar-refractivity contribution in [2.75, 3.05) is 13.1 Å². The van der Waals surface area contributed by atoms with Gasteiger partial charge in [-0.2, -0.15) is 0 Å². The van der Waals surface area contributed by atoms with Gasteiger partial charge in [0.05, 0.1) is 11.0 Å². The average molecular weight is 243 g/mol. The number of amides is 1. The fourth-order valence-corrected chi connectivity index (χ4v) is 1.69. The predicted molar refractivity (Wildman–Crippen MR) is 69.3 cm³/mol. The lowest BCUT2D eigenvalue weighted by molar-refractivity contribution is -0.125. The number of nitrogens with two attached hydrogens (primary N) is 1. The third-order valence-electron chi connectivity index (χ3n) is 2.90. The summed E-state index contributed by atoms with van der Waals surface area (Å²) < 4.78 is 0. The molecule has 3 N–H and O–H groups in total. The minimum Gasteiger partial charge on any atom is -0.393 e. The Morgan fingerprint density at radius 2 is 2.25 bits per heavy atom. The second-order valence-corrected chi connectivity index (χ2v) is 4.83. The van der Waals surface area contributed by atoms with Gasteiger partial charge in [-0.25, -0.2) is 0 Å². The summed E-state index contributed by atoms with van der Waals surface area (Å²) in [7, 11) is 0. The molecule has 1 saturated carbocycles. The van der Waals surface area contributed by atoms with Crippen LogP contribution in [-0.2, 0) is 4.79 Å². The third kappa shape index (κ3) is 4.45. The number of carbonyl (C=O) groups excluding carboxylic acids is 1. The summed E-state index contributed by atoms with van der Waals surface area (Å²) in [4.78, 5) is 14.4. The largest absolute Gasteiger partial charge is 0.393 e. The van der Waals surface area contributed by atoms with Gasteiger partial charge in [0, 0.05) is 19.0 Å². The van der Waals surface area contributed by atoms with Crippen LogP contribution in [0.5, 0.6) is 0 Å². The van der Waals surface area contributed by atoms with Gasteiger partial charge in [0.15, 0.2) is 0 Å². The average Bonchev–Trinajstić information content (AvgIpc) is 3.01. The van der Waals surface area contributed by atoms with Gasteiger partial charge >= 0.3 is 0 Å². The quantitative estimate of drug-likeness (QED) is 0.645. The van der Waals surface area contributed by atoms with E-state index in [-0.39, 0.29) is 11.9 Å². The molecular weight excluding hydrogens is 222 g/mol. The molecule has 1 fully saturated rings. The van der Waals surface area contributed by atoms with Crippen molar-refractivity contribution in [3.63, 3.8) is 0 Å². The Labute approximate surface area is 103 Å². The highest BCUT2D eigenvalue weighted by molar-refractivity contribution is 7.80. The monoisotopic (exact) mass is 243 g/mol. The fraction of sp³-hybridized carbons (Fsp3) is 0.818. The maximum absolute atomic E-state index is 11.8. The second-order valence-electron chi connectivity index (χ2n) is 4.30. The van der Waals surface area contributed by atoms with E-state index in [2.05, 4.69) is 10.2 Å². The van der Waals surface area contributed by atoms with Crippen LogP contribution in [0.15, 0.2) is 0 Å². The van der Waals surface area contributed by atoms with Crippen LogP contribution in [0.3, 0.4) is 0 Å². The minimum atomic E-state index is -0.0973. The Hall–Kier alpha value is -0.680. The Bertz CT molecular complexity index is 266. The molecule has 0 radical (unpaired) electrons. The lowest BCUT2D eigenvalue weighted by atomic mass is 10.2. The molecule has 1 atom stereocenters. The van der Waals surface area contributed by atoms with Crippen molar-refractivity contribution in [2.45, 2.75) is 45.2 Å². The molecule has 1 unspecified atom stereocenters. The summed E-state index contributed by atoms with van der Waals surface area (Å²) >= 11 is 4.84. The molecule has 0 aromatic rings. The maximum Gasteiger partial charge on any atom is 0.237 e. The summed E-state index contributed by atoms with van der Waals surface area (Å²) in [6, 6.07) is 0.323. The first kappa shape index (κ1) is 13.4. The highest BCUT2D eigenvalue weighted by Crippen LogP contribution is 2.19. The lowest BCUT2D eigenvalue weighted by Gasteiger charge is -2.26. The molecule has 1 amide bonds. The zero-order valence-electron chi connectivity index (χ0n) is 10.0. The van der Waals surface area contributed by atoms with Crippen molar-refractivity contribution < 1.29 is 4.79 Å². The topological polar surface area (TPSA) is 58.4 Å². The van der Waals surface area contributed by atoms with Gasteiger partial charge < -0.3 is 11.1 Å². The van der Waals surface area contributed by atoms with Gasteiger partial charge in [0.25, 0.3) is 0 Å². The summed E-state index contributed by atoms with van der Waals surface area (Å²) in [6.07, 6.45) is 2.92. The maximum atomic E-state index is 11.8. The van der Waals surface area contributed by atoms with Crippen LogP contribution < -0.4 is 11.1 Å². The van der Waals surface area contributed by atoms with Gasteiger partial charge in [-0.1, -0.05) is 19.1 Å². The van der Waals surface area contributed by atoms with Crippen molar-refractivity contribution in [3.05, 3.63) is 0 Å². The standard InChI is InChI=1S/C11H21N3OS/c1-3-14(7-6-10(12)16)8(2)11(15)13-9-4-5-9/h8-9H,3-7H2,1-2H3,(H2,12,16)(H,13,15). The van der Waals surface area contributed by atoms with E-state index in [9.17, 15) is 4.79 Å². The number of likely N-dealkylation sites (N-methyl/N-ethyl adjacent to an activating group) is 1. The van der Waals surface area contributed by atoms with Crippen LogP contribution in [0.2, 0.25) is 0 Å². The van der Waals surface area contributed by atoms with E-state index in [4.69, 9.17) is 18.0 Å². The van der Waals surface area contributed by atoms with Crippen molar-refractivity contribution in [1.29, 1.82) is 0 Å². The molecule has 1 aliphatic rings. The smallest absolute Gasteiger partial charge is 0.237 e. The SMILES string of the molecule is CCN(CCC(N)=S)C(C)C(=O)NC1CC1. The summed E-state index contributed by atoms with van der Waals surface area (Å²) in [6.45, 7) is 5.56. The number of nitrogens with one attached hydrogen (secondary N) is 1. The van der Waals surface area contributed by atoms with Crippen LogP contribution in [0, 0.1) is 0 Å². The first-order chi connectivity index (χ1) is 7.54. The van der Waals surface area contributed by atoms with E-state index in [0.29, 0.717) is 17.5 Å². The van der Waals surface area contributed by atoms with Crippen molar-refractivity contribution in [3.8, 4) is 0 Å². The number of carbonyl (C=O) groups is 1. The molecule has 92 valence electrons. The summed E-state index contributed by atoms with van der Waals surface area (Å²) in [5, 5.41) is 3.01. The molecule has 0 spiro atoms. The molecule has 16 heavy (non-hydrogen) atoms. The van der Waals surface area contributed by atoms with Crippen LogP contribution >= 0.6 is 12.2 Å². The van der Waals surface area contributed by atoms with Gasteiger partial charge in [-0.05, 0) is 26.3 Å². The Balaban J connectivity index is 2.36. The Morgan fingerprint density at radius 3 is 2.69 bits per heavy atom. The van der Waals surface area contributed by atoms with Gasteiger partial charge in [-0.15, -0.1) is 0 Å². The molecule has 0 heterocycles. The number of nitrogens with zero attached hydrogens (tertiary/aromatic N) is 1. The van der Waals surface area contributed by atoms with Crippen LogP contribution in [0.25, 0.3) is 0 Å². The van der Waals surface area contributed by atoms with Gasteiger partial charge in [0.2, 0.25) is 5.91 Å². The van der Waals surface area contributed by atoms with E-state index in [1.165, 1.54) is 0 Å². The van der Waals surface area contributed by atoms with E-state index in [0.717, 1.165) is 25.9 Å². The molecular formula is C11H21N3OS. The minimum absolute atomic E-state index is 0.0973.